The van der Waals surface area contributed by atoms with Gasteiger partial charge in [-0.2, -0.15) is 0 Å². The van der Waals surface area contributed by atoms with Crippen molar-refractivity contribution in [3.8, 4) is 5.75 Å². The molecule has 0 amide bonds. The van der Waals surface area contributed by atoms with Gasteiger partial charge in [0.2, 0.25) is 0 Å². The molecule has 0 radical (unpaired) electrons. The number of rotatable bonds is 4. The van der Waals surface area contributed by atoms with Crippen molar-refractivity contribution in [2.45, 2.75) is 19.9 Å². The zero-order valence-corrected chi connectivity index (χ0v) is 11.4. The highest BCUT2D eigenvalue weighted by Crippen LogP contribution is 2.29. The highest BCUT2D eigenvalue weighted by atomic mass is 16.4. The van der Waals surface area contributed by atoms with Crippen molar-refractivity contribution in [3.63, 3.8) is 0 Å². The van der Waals surface area contributed by atoms with Gasteiger partial charge in [-0.1, -0.05) is 29.8 Å². The van der Waals surface area contributed by atoms with E-state index in [9.17, 15) is 9.90 Å². The predicted molar refractivity (Wildman–Crippen MR) is 78.3 cm³/mol. The molecule has 104 valence electrons. The van der Waals surface area contributed by atoms with Crippen LogP contribution in [0, 0.1) is 6.92 Å². The van der Waals surface area contributed by atoms with Crippen LogP contribution in [-0.4, -0.2) is 16.2 Å². The van der Waals surface area contributed by atoms with Crippen LogP contribution in [0.4, 0.5) is 5.69 Å². The molecular formula is C16H17NO3. The summed E-state index contributed by atoms with van der Waals surface area (Å²) < 4.78 is 0. The molecule has 0 fully saturated rings. The molecule has 0 saturated heterocycles. The molecule has 0 spiro atoms. The number of aromatic carboxylic acids is 1. The Bertz CT molecular complexity index is 637. The van der Waals surface area contributed by atoms with E-state index in [0.29, 0.717) is 5.69 Å². The second-order valence-corrected chi connectivity index (χ2v) is 4.78. The molecule has 0 heterocycles. The first-order chi connectivity index (χ1) is 9.49. The van der Waals surface area contributed by atoms with Crippen LogP contribution in [0.3, 0.4) is 0 Å². The SMILES string of the molecule is Cc1ccc(O)c(C(C)Nc2ccccc2C(=O)O)c1. The molecule has 0 aliphatic rings. The van der Waals surface area contributed by atoms with E-state index >= 15 is 0 Å². The molecule has 0 bridgehead atoms. The van der Waals surface area contributed by atoms with Gasteiger partial charge in [-0.25, -0.2) is 4.79 Å². The zero-order valence-electron chi connectivity index (χ0n) is 11.4. The maximum absolute atomic E-state index is 11.2. The third-order valence-corrected chi connectivity index (χ3v) is 3.18. The Morgan fingerprint density at radius 2 is 1.90 bits per heavy atom. The molecule has 2 aromatic rings. The van der Waals surface area contributed by atoms with Crippen molar-refractivity contribution in [1.82, 2.24) is 0 Å². The molecule has 0 aromatic heterocycles. The maximum atomic E-state index is 11.2. The third kappa shape index (κ3) is 2.91. The van der Waals surface area contributed by atoms with E-state index in [1.165, 1.54) is 0 Å². The normalized spacial score (nSPS) is 11.9. The van der Waals surface area contributed by atoms with Crippen molar-refractivity contribution in [3.05, 3.63) is 59.2 Å². The van der Waals surface area contributed by atoms with Crippen molar-refractivity contribution in [2.75, 3.05) is 5.32 Å². The van der Waals surface area contributed by atoms with Crippen LogP contribution in [0.25, 0.3) is 0 Å². The monoisotopic (exact) mass is 271 g/mol. The molecule has 4 heteroatoms. The molecular weight excluding hydrogens is 254 g/mol. The van der Waals surface area contributed by atoms with Crippen LogP contribution in [0.1, 0.15) is 34.5 Å². The summed E-state index contributed by atoms with van der Waals surface area (Å²) in [6, 6.07) is 11.9. The molecule has 3 N–H and O–H groups in total. The number of phenolic OH excluding ortho intramolecular Hbond substituents is 1. The summed E-state index contributed by atoms with van der Waals surface area (Å²) in [4.78, 5) is 11.2. The number of carboxylic acid groups (broad SMARTS) is 1. The summed E-state index contributed by atoms with van der Waals surface area (Å²) in [6.07, 6.45) is 0. The highest BCUT2D eigenvalue weighted by Gasteiger charge is 2.14. The smallest absolute Gasteiger partial charge is 0.337 e. The first-order valence-electron chi connectivity index (χ1n) is 6.37. The molecule has 0 aliphatic heterocycles. The second kappa shape index (κ2) is 5.65. The van der Waals surface area contributed by atoms with Crippen molar-refractivity contribution in [2.24, 2.45) is 0 Å². The van der Waals surface area contributed by atoms with Crippen LogP contribution in [0.15, 0.2) is 42.5 Å². The number of benzene rings is 2. The van der Waals surface area contributed by atoms with Gasteiger partial charge >= 0.3 is 5.97 Å². The Kier molecular flexibility index (Phi) is 3.94. The number of carbonyl (C=O) groups is 1. The molecule has 1 unspecified atom stereocenters. The van der Waals surface area contributed by atoms with Crippen molar-refractivity contribution in [1.29, 1.82) is 0 Å². The van der Waals surface area contributed by atoms with E-state index in [-0.39, 0.29) is 17.4 Å². The lowest BCUT2D eigenvalue weighted by Crippen LogP contribution is -2.11. The Morgan fingerprint density at radius 1 is 1.20 bits per heavy atom. The number of carboxylic acids is 1. The summed E-state index contributed by atoms with van der Waals surface area (Å²) in [5.41, 5.74) is 2.53. The van der Waals surface area contributed by atoms with E-state index in [1.54, 1.807) is 30.3 Å². The molecule has 0 aliphatic carbocycles. The molecule has 4 nitrogen and oxygen atoms in total. The molecule has 2 aromatic carbocycles. The van der Waals surface area contributed by atoms with Gasteiger partial charge in [-0.15, -0.1) is 0 Å². The van der Waals surface area contributed by atoms with E-state index in [2.05, 4.69) is 5.32 Å². The topological polar surface area (TPSA) is 69.6 Å². The second-order valence-electron chi connectivity index (χ2n) is 4.78. The first-order valence-corrected chi connectivity index (χ1v) is 6.37. The van der Waals surface area contributed by atoms with E-state index in [0.717, 1.165) is 11.1 Å². The fraction of sp³-hybridized carbons (Fsp3) is 0.188. The standard InChI is InChI=1S/C16H17NO3/c1-10-7-8-15(18)13(9-10)11(2)17-14-6-4-3-5-12(14)16(19)20/h3-9,11,17-18H,1-2H3,(H,19,20). The predicted octanol–water partition coefficient (Wildman–Crippen LogP) is 3.57. The van der Waals surface area contributed by atoms with Crippen molar-refractivity contribution < 1.29 is 15.0 Å². The largest absolute Gasteiger partial charge is 0.508 e. The third-order valence-electron chi connectivity index (χ3n) is 3.18. The first kappa shape index (κ1) is 13.9. The number of para-hydroxylation sites is 1. The summed E-state index contributed by atoms with van der Waals surface area (Å²) >= 11 is 0. The Morgan fingerprint density at radius 3 is 2.60 bits per heavy atom. The zero-order chi connectivity index (χ0) is 14.7. The Labute approximate surface area is 117 Å². The lowest BCUT2D eigenvalue weighted by Gasteiger charge is -2.18. The Hall–Kier alpha value is -2.49. The number of phenols is 1. The summed E-state index contributed by atoms with van der Waals surface area (Å²) in [5.74, 6) is -0.780. The van der Waals surface area contributed by atoms with Gasteiger partial charge in [-0.05, 0) is 32.0 Å². The van der Waals surface area contributed by atoms with Crippen LogP contribution in [0.2, 0.25) is 0 Å². The van der Waals surface area contributed by atoms with Gasteiger partial charge in [0.05, 0.1) is 11.6 Å². The number of aryl methyl sites for hydroxylation is 1. The molecule has 0 saturated carbocycles. The minimum Gasteiger partial charge on any atom is -0.508 e. The number of hydrogen-bond acceptors (Lipinski definition) is 3. The van der Waals surface area contributed by atoms with Crippen LogP contribution in [0.5, 0.6) is 5.75 Å². The minimum absolute atomic E-state index is 0.198. The quantitative estimate of drug-likeness (QED) is 0.795. The minimum atomic E-state index is -0.978. The molecule has 2 rings (SSSR count). The average Bonchev–Trinajstić information content (AvgIpc) is 2.41. The van der Waals surface area contributed by atoms with Gasteiger partial charge in [-0.3, -0.25) is 0 Å². The molecule has 20 heavy (non-hydrogen) atoms. The van der Waals surface area contributed by atoms with Gasteiger partial charge in [0, 0.05) is 11.3 Å². The molecule has 1 atom stereocenters. The lowest BCUT2D eigenvalue weighted by atomic mass is 10.0. The fourth-order valence-corrected chi connectivity index (χ4v) is 2.13. The van der Waals surface area contributed by atoms with Crippen molar-refractivity contribution >= 4 is 11.7 Å². The Balaban J connectivity index is 2.30. The van der Waals surface area contributed by atoms with Gasteiger partial charge in [0.15, 0.2) is 0 Å². The van der Waals surface area contributed by atoms with E-state index in [1.807, 2.05) is 26.0 Å². The average molecular weight is 271 g/mol. The number of nitrogens with one attached hydrogen (secondary N) is 1. The summed E-state index contributed by atoms with van der Waals surface area (Å²) in [5, 5.41) is 22.2. The van der Waals surface area contributed by atoms with Gasteiger partial charge in [0.1, 0.15) is 5.75 Å². The number of hydrogen-bond donors (Lipinski definition) is 3. The lowest BCUT2D eigenvalue weighted by molar-refractivity contribution is 0.0698. The summed E-state index contributed by atoms with van der Waals surface area (Å²) in [6.45, 7) is 3.83. The highest BCUT2D eigenvalue weighted by molar-refractivity contribution is 5.94. The number of anilines is 1. The van der Waals surface area contributed by atoms with E-state index in [4.69, 9.17) is 5.11 Å². The summed E-state index contributed by atoms with van der Waals surface area (Å²) in [7, 11) is 0. The van der Waals surface area contributed by atoms with Gasteiger partial charge < -0.3 is 15.5 Å². The van der Waals surface area contributed by atoms with Crippen LogP contribution < -0.4 is 5.32 Å². The van der Waals surface area contributed by atoms with E-state index < -0.39 is 5.97 Å². The maximum Gasteiger partial charge on any atom is 0.337 e. The van der Waals surface area contributed by atoms with Crippen LogP contribution >= 0.6 is 0 Å². The fourth-order valence-electron chi connectivity index (χ4n) is 2.13. The van der Waals surface area contributed by atoms with Gasteiger partial charge in [0.25, 0.3) is 0 Å². The van der Waals surface area contributed by atoms with Crippen LogP contribution in [-0.2, 0) is 0 Å². The number of aromatic hydroxyl groups is 1.